The molecule has 1 heterocycles. The lowest BCUT2D eigenvalue weighted by Gasteiger charge is -2.16. The van der Waals surface area contributed by atoms with Crippen LogP contribution in [-0.4, -0.2) is 36.3 Å². The lowest BCUT2D eigenvalue weighted by molar-refractivity contribution is -0.203. The molecule has 4 rings (SSSR count). The number of aromatic nitrogens is 1. The quantitative estimate of drug-likeness (QED) is 0.167. The number of hydrogen-bond acceptors (Lipinski definition) is 7. The Morgan fingerprint density at radius 3 is 2.24 bits per heavy atom. The average molecular weight is 527 g/mol. The van der Waals surface area contributed by atoms with Crippen LogP contribution >= 0.6 is 0 Å². The summed E-state index contributed by atoms with van der Waals surface area (Å²) in [6, 6.07) is 23.2. The highest BCUT2D eigenvalue weighted by Crippen LogP contribution is 2.22. The molecule has 38 heavy (non-hydrogen) atoms. The molecule has 1 atom stereocenters. The minimum Gasteiger partial charge on any atom is -0.492 e. The number of alkyl halides is 3. The van der Waals surface area contributed by atoms with Gasteiger partial charge >= 0.3 is 18.1 Å². The van der Waals surface area contributed by atoms with Gasteiger partial charge in [-0.1, -0.05) is 54.6 Å². The molecule has 0 aliphatic heterocycles. The summed E-state index contributed by atoms with van der Waals surface area (Å²) in [7, 11) is 0. The Kier molecular flexibility index (Phi) is 8.75. The number of fused-ring (bicyclic) bond motifs is 1. The maximum absolute atomic E-state index is 12.6. The molecule has 7 nitrogen and oxygen atoms in total. The largest absolute Gasteiger partial charge is 0.492 e. The van der Waals surface area contributed by atoms with Gasteiger partial charge in [-0.25, -0.2) is 9.78 Å². The summed E-state index contributed by atoms with van der Waals surface area (Å²) in [5.41, 5.74) is 2.95. The number of nitrogens with one attached hydrogen (secondary N) is 1. The molecule has 10 heteroatoms. The van der Waals surface area contributed by atoms with Crippen molar-refractivity contribution in [2.75, 3.05) is 13.2 Å². The number of para-hydroxylation sites is 2. The van der Waals surface area contributed by atoms with Crippen LogP contribution in [0.5, 0.6) is 5.75 Å². The van der Waals surface area contributed by atoms with Gasteiger partial charge in [0.25, 0.3) is 0 Å². The third kappa shape index (κ3) is 7.66. The van der Waals surface area contributed by atoms with Crippen molar-refractivity contribution in [2.45, 2.75) is 25.6 Å². The Hall–Kier alpha value is -4.18. The van der Waals surface area contributed by atoms with Crippen LogP contribution in [0.25, 0.3) is 11.1 Å². The highest BCUT2D eigenvalue weighted by molar-refractivity contribution is 5.89. The van der Waals surface area contributed by atoms with Gasteiger partial charge in [-0.2, -0.15) is 13.2 Å². The first kappa shape index (κ1) is 26.9. The second-order valence-electron chi connectivity index (χ2n) is 8.54. The number of esters is 2. The Labute approximate surface area is 216 Å². The summed E-state index contributed by atoms with van der Waals surface area (Å²) in [5, 5.41) is 3.19. The number of rotatable bonds is 11. The Balaban J connectivity index is 1.28. The Morgan fingerprint density at radius 1 is 0.895 bits per heavy atom. The van der Waals surface area contributed by atoms with Crippen molar-refractivity contribution in [3.05, 3.63) is 95.9 Å². The molecule has 1 N–H and O–H groups in total. The summed E-state index contributed by atoms with van der Waals surface area (Å²) in [4.78, 5) is 28.0. The first-order valence-electron chi connectivity index (χ1n) is 11.9. The number of oxazole rings is 1. The van der Waals surface area contributed by atoms with E-state index in [9.17, 15) is 22.8 Å². The molecule has 198 valence electrons. The van der Waals surface area contributed by atoms with E-state index in [-0.39, 0.29) is 12.8 Å². The molecule has 0 amide bonds. The lowest BCUT2D eigenvalue weighted by atomic mass is 9.92. The van der Waals surface area contributed by atoms with E-state index in [1.165, 1.54) is 0 Å². The van der Waals surface area contributed by atoms with Gasteiger partial charge in [-0.05, 0) is 48.2 Å². The fourth-order valence-corrected chi connectivity index (χ4v) is 3.81. The van der Waals surface area contributed by atoms with E-state index in [0.717, 1.165) is 16.7 Å². The fraction of sp³-hybridized carbons (Fsp3) is 0.250. The molecule has 0 saturated carbocycles. The number of halogens is 3. The Morgan fingerprint density at radius 2 is 1.55 bits per heavy atom. The average Bonchev–Trinajstić information content (AvgIpc) is 3.32. The van der Waals surface area contributed by atoms with E-state index in [4.69, 9.17) is 9.15 Å². The molecule has 4 aromatic rings. The van der Waals surface area contributed by atoms with Crippen LogP contribution in [0.3, 0.4) is 0 Å². The van der Waals surface area contributed by atoms with Gasteiger partial charge in [-0.15, -0.1) is 0 Å². The van der Waals surface area contributed by atoms with E-state index in [0.29, 0.717) is 36.9 Å². The zero-order chi connectivity index (χ0) is 27.0. The van der Waals surface area contributed by atoms with Crippen molar-refractivity contribution in [1.29, 1.82) is 0 Å². The van der Waals surface area contributed by atoms with Crippen LogP contribution in [0, 0.1) is 5.92 Å². The molecule has 0 radical (unpaired) electrons. The molecule has 0 fully saturated rings. The van der Waals surface area contributed by atoms with E-state index >= 15 is 0 Å². The van der Waals surface area contributed by atoms with E-state index in [2.05, 4.69) is 15.0 Å². The van der Waals surface area contributed by atoms with Crippen LogP contribution in [0.4, 0.5) is 13.2 Å². The van der Waals surface area contributed by atoms with Gasteiger partial charge in [-0.3, -0.25) is 4.79 Å². The molecule has 1 aromatic heterocycles. The summed E-state index contributed by atoms with van der Waals surface area (Å²) >= 11 is 0. The van der Waals surface area contributed by atoms with Crippen molar-refractivity contribution in [2.24, 2.45) is 5.92 Å². The summed E-state index contributed by atoms with van der Waals surface area (Å²) in [6.07, 6.45) is -5.04. The lowest BCUT2D eigenvalue weighted by Crippen LogP contribution is -2.32. The monoisotopic (exact) mass is 526 g/mol. The molecular weight excluding hydrogens is 501 g/mol. The van der Waals surface area contributed by atoms with Crippen LogP contribution in [0.15, 0.2) is 83.3 Å². The van der Waals surface area contributed by atoms with Crippen molar-refractivity contribution in [3.8, 4) is 5.75 Å². The third-order valence-electron chi connectivity index (χ3n) is 5.65. The van der Waals surface area contributed by atoms with Crippen molar-refractivity contribution in [1.82, 2.24) is 10.3 Å². The zero-order valence-electron chi connectivity index (χ0n) is 20.2. The second-order valence-corrected chi connectivity index (χ2v) is 8.54. The fourth-order valence-electron chi connectivity index (χ4n) is 3.81. The van der Waals surface area contributed by atoms with E-state index < -0.39 is 24.0 Å². The van der Waals surface area contributed by atoms with Crippen molar-refractivity contribution < 1.29 is 36.7 Å². The second kappa shape index (κ2) is 12.4. The molecule has 1 unspecified atom stereocenters. The molecule has 0 spiro atoms. The van der Waals surface area contributed by atoms with Gasteiger partial charge in [0, 0.05) is 6.54 Å². The van der Waals surface area contributed by atoms with Crippen LogP contribution in [0.2, 0.25) is 0 Å². The molecule has 0 bridgehead atoms. The van der Waals surface area contributed by atoms with Crippen molar-refractivity contribution in [3.63, 3.8) is 0 Å². The highest BCUT2D eigenvalue weighted by atomic mass is 19.4. The minimum absolute atomic E-state index is 0.0885. The SMILES string of the molecule is O=C(OC(=O)C(F)(F)F)C(Cc1ccccc1)Cc1ccc(OCCNCc2nc3ccccc3o2)cc1. The first-order chi connectivity index (χ1) is 18.3. The summed E-state index contributed by atoms with van der Waals surface area (Å²) in [6.45, 7) is 1.37. The van der Waals surface area contributed by atoms with Gasteiger partial charge in [0.15, 0.2) is 5.58 Å². The predicted molar refractivity (Wildman–Crippen MR) is 132 cm³/mol. The van der Waals surface area contributed by atoms with Crippen molar-refractivity contribution >= 4 is 23.0 Å². The van der Waals surface area contributed by atoms with Crippen LogP contribution in [0.1, 0.15) is 17.0 Å². The number of ether oxygens (including phenoxy) is 2. The third-order valence-corrected chi connectivity index (χ3v) is 5.65. The van der Waals surface area contributed by atoms with E-state index in [1.54, 1.807) is 54.6 Å². The van der Waals surface area contributed by atoms with Gasteiger partial charge in [0.2, 0.25) is 5.89 Å². The first-order valence-corrected chi connectivity index (χ1v) is 11.9. The topological polar surface area (TPSA) is 90.7 Å². The van der Waals surface area contributed by atoms with Crippen LogP contribution in [-0.2, 0) is 33.7 Å². The number of carbonyl (C=O) groups excluding carboxylic acids is 2. The van der Waals surface area contributed by atoms with E-state index in [1.807, 2.05) is 24.3 Å². The number of hydrogen-bond donors (Lipinski definition) is 1. The summed E-state index contributed by atoms with van der Waals surface area (Å²) in [5.74, 6) is -3.55. The molecule has 3 aromatic carbocycles. The zero-order valence-corrected chi connectivity index (χ0v) is 20.2. The molecular formula is C28H25F3N2O5. The molecule has 0 saturated heterocycles. The maximum Gasteiger partial charge on any atom is 0.491 e. The number of nitrogens with zero attached hydrogens (tertiary/aromatic N) is 1. The smallest absolute Gasteiger partial charge is 0.491 e. The van der Waals surface area contributed by atoms with Gasteiger partial charge in [0.1, 0.15) is 17.9 Å². The maximum atomic E-state index is 12.6. The number of benzene rings is 3. The summed E-state index contributed by atoms with van der Waals surface area (Å²) < 4.78 is 53.3. The predicted octanol–water partition coefficient (Wildman–Crippen LogP) is 5.03. The molecule has 0 aliphatic carbocycles. The van der Waals surface area contributed by atoms with Crippen LogP contribution < -0.4 is 10.1 Å². The Bertz CT molecular complexity index is 1320. The molecule has 0 aliphatic rings. The standard InChI is InChI=1S/C28H25F3N2O5/c29-28(30,31)27(35)38-26(34)21(16-19-6-2-1-3-7-19)17-20-10-12-22(13-11-20)36-15-14-32-18-25-33-23-8-4-5-9-24(23)37-25/h1-13,21,32H,14-18H2. The highest BCUT2D eigenvalue weighted by Gasteiger charge is 2.43. The normalized spacial score (nSPS) is 12.3. The minimum atomic E-state index is -5.25. The van der Waals surface area contributed by atoms with Gasteiger partial charge < -0.3 is 19.2 Å². The van der Waals surface area contributed by atoms with Gasteiger partial charge in [0.05, 0.1) is 12.5 Å². The number of carbonyl (C=O) groups is 2.